The van der Waals surface area contributed by atoms with E-state index in [1.807, 2.05) is 0 Å². The van der Waals surface area contributed by atoms with Crippen molar-refractivity contribution in [1.29, 1.82) is 0 Å². The number of hydrogen-bond donors (Lipinski definition) is 1. The monoisotopic (exact) mass is 184 g/mol. The van der Waals surface area contributed by atoms with Crippen LogP contribution in [0.15, 0.2) is 18.2 Å². The predicted octanol–water partition coefficient (Wildman–Crippen LogP) is 2.80. The van der Waals surface area contributed by atoms with E-state index in [0.717, 1.165) is 0 Å². The molecule has 2 nitrogen and oxygen atoms in total. The molecule has 0 saturated carbocycles. The highest BCUT2D eigenvalue weighted by atomic mass is 31.1. The lowest BCUT2D eigenvalue weighted by atomic mass is 10.1. The second kappa shape index (κ2) is 5.87. The Hall–Kier alpha value is -0.720. The molecule has 0 amide bonds. The molecule has 0 aromatic heterocycles. The number of aryl methyl sites for hydroxylation is 2. The van der Waals surface area contributed by atoms with E-state index < -0.39 is 8.69 Å². The minimum atomic E-state index is -0.833. The fourth-order valence-corrected chi connectivity index (χ4v) is 0.898. The smallest absolute Gasteiger partial charge is 0.310 e. The maximum atomic E-state index is 8.46. The van der Waals surface area contributed by atoms with E-state index >= 15 is 0 Å². The highest BCUT2D eigenvalue weighted by Crippen LogP contribution is 2.09. The zero-order valence-corrected chi connectivity index (χ0v) is 8.43. The summed E-state index contributed by atoms with van der Waals surface area (Å²) in [4.78, 5) is 6.99. The maximum absolute atomic E-state index is 8.46. The summed E-state index contributed by atoms with van der Waals surface area (Å²) in [5.41, 5.74) is 4.18. The highest BCUT2D eigenvalue weighted by molar-refractivity contribution is 7.16. The van der Waals surface area contributed by atoms with Gasteiger partial charge in [-0.25, -0.2) is 4.57 Å². The van der Waals surface area contributed by atoms with E-state index in [2.05, 4.69) is 39.0 Å². The Morgan fingerprint density at radius 1 is 1.17 bits per heavy atom. The normalized spacial score (nSPS) is 9.00. The number of rotatable bonds is 0. The van der Waals surface area contributed by atoms with Gasteiger partial charge >= 0.3 is 8.69 Å². The summed E-state index contributed by atoms with van der Waals surface area (Å²) in [6.45, 7) is 6.44. The van der Waals surface area contributed by atoms with Crippen molar-refractivity contribution in [3.8, 4) is 0 Å². The summed E-state index contributed by atoms with van der Waals surface area (Å²) in [7, 11) is -0.833. The molecule has 0 radical (unpaired) electrons. The van der Waals surface area contributed by atoms with E-state index in [0.29, 0.717) is 0 Å². The molecule has 0 aliphatic rings. The predicted molar refractivity (Wildman–Crippen MR) is 50.5 cm³/mol. The van der Waals surface area contributed by atoms with Crippen LogP contribution in [0.2, 0.25) is 0 Å². The molecule has 66 valence electrons. The quantitative estimate of drug-likeness (QED) is 0.629. The van der Waals surface area contributed by atoms with Crippen LogP contribution in [0.4, 0.5) is 0 Å². The molecular weight excluding hydrogens is 171 g/mol. The Morgan fingerprint density at radius 2 is 1.50 bits per heavy atom. The lowest BCUT2D eigenvalue weighted by Gasteiger charge is -2.00. The van der Waals surface area contributed by atoms with Crippen molar-refractivity contribution in [2.75, 3.05) is 0 Å². The fourth-order valence-electron chi connectivity index (χ4n) is 0.898. The Labute approximate surface area is 74.5 Å². The standard InChI is InChI=1S/C9H12.HO2P/c1-7-5-4-6-8(2)9(7)3;1-3-2/h4-6H,1-3H3;(H,1,2). The van der Waals surface area contributed by atoms with Crippen molar-refractivity contribution < 1.29 is 9.46 Å². The van der Waals surface area contributed by atoms with E-state index in [4.69, 9.17) is 9.46 Å². The Kier molecular flexibility index (Phi) is 5.52. The molecule has 0 fully saturated rings. The fraction of sp³-hybridized carbons (Fsp3) is 0.333. The number of hydrogen-bond acceptors (Lipinski definition) is 1. The average molecular weight is 184 g/mol. The molecule has 0 aliphatic heterocycles. The summed E-state index contributed by atoms with van der Waals surface area (Å²) in [6, 6.07) is 6.38. The molecule has 1 aromatic rings. The Bertz CT molecular complexity index is 238. The molecule has 1 rings (SSSR count). The maximum Gasteiger partial charge on any atom is 0.324 e. The van der Waals surface area contributed by atoms with Crippen LogP contribution in [0.5, 0.6) is 0 Å². The topological polar surface area (TPSA) is 37.3 Å². The van der Waals surface area contributed by atoms with Gasteiger partial charge in [0.2, 0.25) is 0 Å². The number of benzene rings is 1. The zero-order valence-electron chi connectivity index (χ0n) is 7.53. The molecule has 0 bridgehead atoms. The minimum Gasteiger partial charge on any atom is -0.310 e. The SMILES string of the molecule is Cc1cccc(C)c1C.O=PO. The molecule has 12 heavy (non-hydrogen) atoms. The van der Waals surface area contributed by atoms with E-state index in [-0.39, 0.29) is 0 Å². The van der Waals surface area contributed by atoms with Crippen molar-refractivity contribution >= 4 is 8.69 Å². The van der Waals surface area contributed by atoms with Gasteiger partial charge in [-0.15, -0.1) is 0 Å². The molecule has 0 spiro atoms. The minimum absolute atomic E-state index is 0.833. The Balaban J connectivity index is 0.000000354. The van der Waals surface area contributed by atoms with E-state index in [1.54, 1.807) is 0 Å². The van der Waals surface area contributed by atoms with Crippen LogP contribution in [-0.2, 0) is 4.57 Å². The lowest BCUT2D eigenvalue weighted by molar-refractivity contribution is 0.524. The van der Waals surface area contributed by atoms with Gasteiger partial charge < -0.3 is 4.89 Å². The first-order valence-corrected chi connectivity index (χ1v) is 4.39. The molecular formula is C9H13O2P. The average Bonchev–Trinajstić information content (AvgIpc) is 2.02. The summed E-state index contributed by atoms with van der Waals surface area (Å²) >= 11 is 0. The van der Waals surface area contributed by atoms with Gasteiger partial charge in [-0.1, -0.05) is 18.2 Å². The van der Waals surface area contributed by atoms with Crippen molar-refractivity contribution in [3.05, 3.63) is 34.9 Å². The van der Waals surface area contributed by atoms with Crippen LogP contribution in [0.3, 0.4) is 0 Å². The van der Waals surface area contributed by atoms with Gasteiger partial charge in [-0.3, -0.25) is 0 Å². The van der Waals surface area contributed by atoms with Crippen LogP contribution in [0.25, 0.3) is 0 Å². The lowest BCUT2D eigenvalue weighted by Crippen LogP contribution is -1.82. The molecule has 1 aromatic carbocycles. The summed E-state index contributed by atoms with van der Waals surface area (Å²) in [5, 5.41) is 0. The summed E-state index contributed by atoms with van der Waals surface area (Å²) < 4.78 is 8.46. The first-order valence-electron chi connectivity index (χ1n) is 3.63. The third-order valence-corrected chi connectivity index (χ3v) is 1.88. The first kappa shape index (κ1) is 11.3. The van der Waals surface area contributed by atoms with Crippen LogP contribution in [0, 0.1) is 20.8 Å². The molecule has 3 heteroatoms. The van der Waals surface area contributed by atoms with E-state index in [1.165, 1.54) is 16.7 Å². The molecule has 1 N–H and O–H groups in total. The Morgan fingerprint density at radius 3 is 1.75 bits per heavy atom. The molecule has 0 heterocycles. The largest absolute Gasteiger partial charge is 0.324 e. The molecule has 0 atom stereocenters. The molecule has 0 saturated heterocycles. The second-order valence-corrected chi connectivity index (χ2v) is 2.76. The van der Waals surface area contributed by atoms with Crippen LogP contribution < -0.4 is 0 Å². The van der Waals surface area contributed by atoms with Crippen molar-refractivity contribution in [2.24, 2.45) is 0 Å². The van der Waals surface area contributed by atoms with Gasteiger partial charge in [0.25, 0.3) is 0 Å². The van der Waals surface area contributed by atoms with Gasteiger partial charge in [0.15, 0.2) is 0 Å². The van der Waals surface area contributed by atoms with Crippen molar-refractivity contribution in [3.63, 3.8) is 0 Å². The van der Waals surface area contributed by atoms with Gasteiger partial charge in [0, 0.05) is 0 Å². The van der Waals surface area contributed by atoms with Crippen molar-refractivity contribution in [1.82, 2.24) is 0 Å². The summed E-state index contributed by atoms with van der Waals surface area (Å²) in [6.07, 6.45) is 0. The highest BCUT2D eigenvalue weighted by Gasteiger charge is 1.91. The van der Waals surface area contributed by atoms with Crippen LogP contribution in [0.1, 0.15) is 16.7 Å². The zero-order chi connectivity index (χ0) is 9.56. The van der Waals surface area contributed by atoms with Gasteiger partial charge in [0.05, 0.1) is 0 Å². The van der Waals surface area contributed by atoms with Gasteiger partial charge in [0.1, 0.15) is 0 Å². The van der Waals surface area contributed by atoms with Crippen molar-refractivity contribution in [2.45, 2.75) is 20.8 Å². The molecule has 0 unspecified atom stereocenters. The first-order chi connectivity index (χ1) is 5.63. The summed E-state index contributed by atoms with van der Waals surface area (Å²) in [5.74, 6) is 0. The van der Waals surface area contributed by atoms with Gasteiger partial charge in [-0.2, -0.15) is 0 Å². The van der Waals surface area contributed by atoms with Gasteiger partial charge in [-0.05, 0) is 37.5 Å². The van der Waals surface area contributed by atoms with E-state index in [9.17, 15) is 0 Å². The third kappa shape index (κ3) is 3.61. The van der Waals surface area contributed by atoms with Crippen LogP contribution in [-0.4, -0.2) is 4.89 Å². The molecule has 0 aliphatic carbocycles. The second-order valence-electron chi connectivity index (χ2n) is 2.60. The van der Waals surface area contributed by atoms with Crippen LogP contribution >= 0.6 is 8.69 Å². The third-order valence-electron chi connectivity index (χ3n) is 1.88.